The number of rotatable bonds is 5. The molecule has 0 unspecified atom stereocenters. The van der Waals surface area contributed by atoms with Gasteiger partial charge in [0.1, 0.15) is 0 Å². The molecule has 0 radical (unpaired) electrons. The Bertz CT molecular complexity index is 833. The molecule has 138 valence electrons. The molecule has 0 aliphatic rings. The third kappa shape index (κ3) is 5.06. The molecule has 0 aliphatic carbocycles. The predicted molar refractivity (Wildman–Crippen MR) is 114 cm³/mol. The summed E-state index contributed by atoms with van der Waals surface area (Å²) < 4.78 is 0. The zero-order chi connectivity index (χ0) is 19.1. The predicted octanol–water partition coefficient (Wildman–Crippen LogP) is 8.24. The van der Waals surface area contributed by atoms with Gasteiger partial charge in [-0.05, 0) is 29.9 Å². The molecule has 3 aromatic carbocycles. The SMILES string of the molecule is CCCc1cc2c(-c3ccccc3CC)c(C(C)C)ccc2[cH-]1.[Cl][Zr][Cl]. The monoisotopic (exact) mass is 463 g/mol. The Morgan fingerprint density at radius 3 is 2.35 bits per heavy atom. The minimum atomic E-state index is -0.826. The molecule has 0 N–H and O–H groups in total. The van der Waals surface area contributed by atoms with Crippen LogP contribution in [0.4, 0.5) is 0 Å². The summed E-state index contributed by atoms with van der Waals surface area (Å²) in [7, 11) is 9.87. The third-order valence-electron chi connectivity index (χ3n) is 4.81. The van der Waals surface area contributed by atoms with Crippen LogP contribution in [0.3, 0.4) is 0 Å². The van der Waals surface area contributed by atoms with Crippen molar-refractivity contribution in [2.24, 2.45) is 0 Å². The summed E-state index contributed by atoms with van der Waals surface area (Å²) in [5, 5.41) is 2.82. The van der Waals surface area contributed by atoms with Crippen LogP contribution in [0.2, 0.25) is 0 Å². The van der Waals surface area contributed by atoms with Crippen LogP contribution in [0.1, 0.15) is 56.7 Å². The van der Waals surface area contributed by atoms with Crippen LogP contribution < -0.4 is 0 Å². The van der Waals surface area contributed by atoms with Crippen molar-refractivity contribution < 1.29 is 20.8 Å². The van der Waals surface area contributed by atoms with Crippen LogP contribution in [-0.4, -0.2) is 0 Å². The molecular weight excluding hydrogens is 438 g/mol. The van der Waals surface area contributed by atoms with E-state index in [1.807, 2.05) is 0 Å². The van der Waals surface area contributed by atoms with Gasteiger partial charge in [-0.25, -0.2) is 0 Å². The summed E-state index contributed by atoms with van der Waals surface area (Å²) in [5.74, 6) is 0.531. The molecule has 0 nitrogen and oxygen atoms in total. The van der Waals surface area contributed by atoms with E-state index in [2.05, 4.69) is 76.2 Å². The van der Waals surface area contributed by atoms with Gasteiger partial charge in [0.25, 0.3) is 0 Å². The average molecular weight is 466 g/mol. The summed E-state index contributed by atoms with van der Waals surface area (Å²) in [6.45, 7) is 9.11. The van der Waals surface area contributed by atoms with Crippen LogP contribution in [0.5, 0.6) is 0 Å². The average Bonchev–Trinajstić information content (AvgIpc) is 3.04. The summed E-state index contributed by atoms with van der Waals surface area (Å²) in [5.41, 5.74) is 7.25. The van der Waals surface area contributed by atoms with E-state index < -0.39 is 20.8 Å². The van der Waals surface area contributed by atoms with Crippen molar-refractivity contribution in [1.29, 1.82) is 0 Å². The molecular formula is C23H27Cl2Zr-. The van der Waals surface area contributed by atoms with Crippen LogP contribution >= 0.6 is 17.0 Å². The van der Waals surface area contributed by atoms with Crippen molar-refractivity contribution in [2.45, 2.75) is 52.9 Å². The van der Waals surface area contributed by atoms with Crippen molar-refractivity contribution in [3.63, 3.8) is 0 Å². The van der Waals surface area contributed by atoms with Gasteiger partial charge in [0, 0.05) is 0 Å². The van der Waals surface area contributed by atoms with Gasteiger partial charge in [-0.3, -0.25) is 0 Å². The number of benzene rings is 2. The van der Waals surface area contributed by atoms with Gasteiger partial charge in [-0.2, -0.15) is 6.07 Å². The normalized spacial score (nSPS) is 10.7. The first kappa shape index (κ1) is 21.8. The quantitative estimate of drug-likeness (QED) is 0.333. The van der Waals surface area contributed by atoms with Crippen LogP contribution in [0.25, 0.3) is 21.9 Å². The molecule has 3 rings (SSSR count). The number of hydrogen-bond acceptors (Lipinski definition) is 0. The maximum absolute atomic E-state index is 4.93. The van der Waals surface area contributed by atoms with Crippen LogP contribution in [0, 0.1) is 0 Å². The molecule has 0 spiro atoms. The van der Waals surface area contributed by atoms with E-state index >= 15 is 0 Å². The number of aryl methyl sites for hydroxylation is 2. The molecule has 0 fully saturated rings. The Balaban J connectivity index is 0.000000758. The second kappa shape index (κ2) is 10.7. The molecule has 0 saturated carbocycles. The maximum atomic E-state index is 4.93. The van der Waals surface area contributed by atoms with Gasteiger partial charge in [-0.15, -0.1) is 34.5 Å². The fourth-order valence-corrected chi connectivity index (χ4v) is 3.65. The summed E-state index contributed by atoms with van der Waals surface area (Å²) in [6, 6.07) is 18.3. The molecule has 0 aliphatic heterocycles. The summed E-state index contributed by atoms with van der Waals surface area (Å²) >= 11 is -0.826. The Hall–Kier alpha value is -0.487. The van der Waals surface area contributed by atoms with Gasteiger partial charge in [0.05, 0.1) is 0 Å². The van der Waals surface area contributed by atoms with Crippen LogP contribution in [-0.2, 0) is 33.7 Å². The van der Waals surface area contributed by atoms with Gasteiger partial charge in [0.2, 0.25) is 0 Å². The first-order valence-electron chi connectivity index (χ1n) is 9.34. The van der Waals surface area contributed by atoms with Crippen molar-refractivity contribution >= 4 is 27.8 Å². The van der Waals surface area contributed by atoms with Gasteiger partial charge in [-0.1, -0.05) is 69.5 Å². The fourth-order valence-electron chi connectivity index (χ4n) is 3.65. The van der Waals surface area contributed by atoms with E-state index in [-0.39, 0.29) is 0 Å². The number of fused-ring (bicyclic) bond motifs is 1. The zero-order valence-corrected chi connectivity index (χ0v) is 20.0. The zero-order valence-electron chi connectivity index (χ0n) is 16.1. The number of hydrogen-bond donors (Lipinski definition) is 0. The first-order valence-corrected chi connectivity index (χ1v) is 15.7. The van der Waals surface area contributed by atoms with Crippen molar-refractivity contribution in [3.8, 4) is 11.1 Å². The van der Waals surface area contributed by atoms with E-state index in [9.17, 15) is 0 Å². The molecule has 0 amide bonds. The molecule has 0 bridgehead atoms. The molecule has 0 atom stereocenters. The minimum absolute atomic E-state index is 0.531. The summed E-state index contributed by atoms with van der Waals surface area (Å²) in [6.07, 6.45) is 3.45. The van der Waals surface area contributed by atoms with Gasteiger partial charge in [0.15, 0.2) is 0 Å². The van der Waals surface area contributed by atoms with E-state index in [0.29, 0.717) is 5.92 Å². The Labute approximate surface area is 176 Å². The molecule has 0 saturated heterocycles. The van der Waals surface area contributed by atoms with Crippen molar-refractivity contribution in [3.05, 3.63) is 65.2 Å². The van der Waals surface area contributed by atoms with Crippen LogP contribution in [0.15, 0.2) is 48.5 Å². The molecule has 0 aromatic heterocycles. The van der Waals surface area contributed by atoms with Gasteiger partial charge < -0.3 is 0 Å². The van der Waals surface area contributed by atoms with E-state index in [1.165, 1.54) is 51.4 Å². The van der Waals surface area contributed by atoms with Gasteiger partial charge >= 0.3 is 37.9 Å². The molecule has 3 heteroatoms. The van der Waals surface area contributed by atoms with E-state index in [4.69, 9.17) is 17.0 Å². The standard InChI is InChI=1S/C23H27.2ClH.Zr/c1-5-9-17-14-19-12-13-20(16(3)4)23(22(19)15-17)21-11-8-7-10-18(21)6-2;;;/h7-8,10-16H,5-6,9H2,1-4H3;2*1H;/q-1;;;+2/p-2. The topological polar surface area (TPSA) is 0 Å². The van der Waals surface area contributed by atoms with Crippen molar-refractivity contribution in [1.82, 2.24) is 0 Å². The Morgan fingerprint density at radius 2 is 1.73 bits per heavy atom. The first-order chi connectivity index (χ1) is 12.6. The Kier molecular flexibility index (Phi) is 9.01. The fraction of sp³-hybridized carbons (Fsp3) is 0.348. The number of halogens is 2. The molecule has 0 heterocycles. The Morgan fingerprint density at radius 1 is 1.04 bits per heavy atom. The second-order valence-electron chi connectivity index (χ2n) is 6.88. The van der Waals surface area contributed by atoms with E-state index in [0.717, 1.165) is 6.42 Å². The van der Waals surface area contributed by atoms with Crippen molar-refractivity contribution in [2.75, 3.05) is 0 Å². The summed E-state index contributed by atoms with van der Waals surface area (Å²) in [4.78, 5) is 0. The third-order valence-corrected chi connectivity index (χ3v) is 4.81. The van der Waals surface area contributed by atoms with E-state index in [1.54, 1.807) is 0 Å². The molecule has 26 heavy (non-hydrogen) atoms. The second-order valence-corrected chi connectivity index (χ2v) is 10.6. The molecule has 3 aromatic rings.